The van der Waals surface area contributed by atoms with Crippen LogP contribution in [0.2, 0.25) is 0 Å². The molecule has 1 N–H and O–H groups in total. The van der Waals surface area contributed by atoms with E-state index in [0.29, 0.717) is 11.3 Å². The van der Waals surface area contributed by atoms with Crippen molar-refractivity contribution in [3.8, 4) is 6.07 Å². The lowest BCUT2D eigenvalue weighted by Gasteiger charge is -2.24. The maximum absolute atomic E-state index is 8.80. The van der Waals surface area contributed by atoms with E-state index in [1.54, 1.807) is 0 Å². The van der Waals surface area contributed by atoms with Crippen molar-refractivity contribution in [2.24, 2.45) is 5.41 Å². The summed E-state index contributed by atoms with van der Waals surface area (Å²) in [5.41, 5.74) is 2.48. The third-order valence-corrected chi connectivity index (χ3v) is 2.01. The number of allylic oxidation sites excluding steroid dienone is 3. The first-order valence-corrected chi connectivity index (χ1v) is 4.23. The number of nitriles is 1. The summed E-state index contributed by atoms with van der Waals surface area (Å²) in [7, 11) is 0. The minimum atomic E-state index is 0.0653. The van der Waals surface area contributed by atoms with Gasteiger partial charge in [0.15, 0.2) is 0 Å². The van der Waals surface area contributed by atoms with Gasteiger partial charge in [0.25, 0.3) is 0 Å². The van der Waals surface area contributed by atoms with Crippen molar-refractivity contribution < 1.29 is 0 Å². The second-order valence-corrected chi connectivity index (χ2v) is 4.14. The average Bonchev–Trinajstić information content (AvgIpc) is 2.03. The molecule has 1 aliphatic rings. The molecular weight excluding hydrogens is 160 g/mol. The van der Waals surface area contributed by atoms with E-state index in [0.717, 1.165) is 5.57 Å². The summed E-state index contributed by atoms with van der Waals surface area (Å²) in [6, 6.07) is 2.11. The minimum absolute atomic E-state index is 0.0653. The maximum Gasteiger partial charge on any atom is 0.101 e. The Morgan fingerprint density at radius 3 is 2.54 bits per heavy atom. The van der Waals surface area contributed by atoms with Gasteiger partial charge in [-0.15, -0.1) is 0 Å². The second kappa shape index (κ2) is 3.10. The monoisotopic (exact) mass is 174 g/mol. The first kappa shape index (κ1) is 9.60. The molecule has 0 bridgehead atoms. The predicted molar refractivity (Wildman–Crippen MR) is 53.5 cm³/mol. The van der Waals surface area contributed by atoms with Gasteiger partial charge < -0.3 is 5.32 Å². The topological polar surface area (TPSA) is 35.8 Å². The molecule has 0 spiro atoms. The van der Waals surface area contributed by atoms with Crippen molar-refractivity contribution in [2.45, 2.75) is 20.8 Å². The Morgan fingerprint density at radius 1 is 1.46 bits per heavy atom. The standard InChI is InChI=1S/C11H14N2/c1-8-9(6-12)5-10(7-13-8)11(2,3)4/h5,7,13H,1H2,2-4H3. The highest BCUT2D eigenvalue weighted by Gasteiger charge is 2.19. The highest BCUT2D eigenvalue weighted by Crippen LogP contribution is 2.29. The van der Waals surface area contributed by atoms with E-state index < -0.39 is 0 Å². The third-order valence-electron chi connectivity index (χ3n) is 2.01. The molecule has 0 unspecified atom stereocenters. The average molecular weight is 174 g/mol. The lowest BCUT2D eigenvalue weighted by Crippen LogP contribution is -2.18. The van der Waals surface area contributed by atoms with Crippen LogP contribution in [0.1, 0.15) is 20.8 Å². The Hall–Kier alpha value is -1.49. The van der Waals surface area contributed by atoms with E-state index in [1.165, 1.54) is 0 Å². The molecule has 0 fully saturated rings. The van der Waals surface area contributed by atoms with E-state index in [9.17, 15) is 0 Å². The normalized spacial score (nSPS) is 16.9. The van der Waals surface area contributed by atoms with Crippen molar-refractivity contribution in [2.75, 3.05) is 0 Å². The van der Waals surface area contributed by atoms with Gasteiger partial charge in [0.1, 0.15) is 6.07 Å². The fraction of sp³-hybridized carbons (Fsp3) is 0.364. The summed E-state index contributed by atoms with van der Waals surface area (Å²) in [5, 5.41) is 11.8. The van der Waals surface area contributed by atoms with Gasteiger partial charge in [0, 0.05) is 11.9 Å². The summed E-state index contributed by atoms with van der Waals surface area (Å²) in [6.45, 7) is 10.1. The van der Waals surface area contributed by atoms with Crippen LogP contribution in [0.4, 0.5) is 0 Å². The molecule has 0 aliphatic carbocycles. The number of hydrogen-bond donors (Lipinski definition) is 1. The summed E-state index contributed by atoms with van der Waals surface area (Å²) >= 11 is 0. The van der Waals surface area contributed by atoms with Gasteiger partial charge in [0.2, 0.25) is 0 Å². The van der Waals surface area contributed by atoms with Crippen LogP contribution in [0.25, 0.3) is 0 Å². The predicted octanol–water partition coefficient (Wildman–Crippen LogP) is 2.48. The Morgan fingerprint density at radius 2 is 2.08 bits per heavy atom. The van der Waals surface area contributed by atoms with E-state index in [1.807, 2.05) is 12.3 Å². The highest BCUT2D eigenvalue weighted by atomic mass is 14.9. The van der Waals surface area contributed by atoms with Gasteiger partial charge in [-0.1, -0.05) is 27.4 Å². The minimum Gasteiger partial charge on any atom is -0.361 e. The van der Waals surface area contributed by atoms with Gasteiger partial charge in [0.05, 0.1) is 5.57 Å². The molecule has 0 amide bonds. The van der Waals surface area contributed by atoms with Gasteiger partial charge in [-0.05, 0) is 17.1 Å². The molecule has 2 heteroatoms. The second-order valence-electron chi connectivity index (χ2n) is 4.14. The molecule has 0 saturated heterocycles. The molecule has 0 atom stereocenters. The Bertz CT molecular complexity index is 332. The number of hydrogen-bond acceptors (Lipinski definition) is 2. The largest absolute Gasteiger partial charge is 0.361 e. The molecule has 0 aromatic rings. The Labute approximate surface area is 79.3 Å². The molecule has 0 aromatic carbocycles. The quantitative estimate of drug-likeness (QED) is 0.612. The van der Waals surface area contributed by atoms with Gasteiger partial charge >= 0.3 is 0 Å². The van der Waals surface area contributed by atoms with Crippen LogP contribution >= 0.6 is 0 Å². The van der Waals surface area contributed by atoms with E-state index in [4.69, 9.17) is 5.26 Å². The van der Waals surface area contributed by atoms with Crippen molar-refractivity contribution in [1.29, 1.82) is 5.26 Å². The van der Waals surface area contributed by atoms with Gasteiger partial charge in [-0.25, -0.2) is 0 Å². The molecule has 0 saturated carbocycles. The Balaban J connectivity index is 3.03. The molecule has 1 rings (SSSR count). The summed E-state index contributed by atoms with van der Waals surface area (Å²) in [6.07, 6.45) is 3.79. The van der Waals surface area contributed by atoms with E-state index in [-0.39, 0.29) is 5.41 Å². The summed E-state index contributed by atoms with van der Waals surface area (Å²) in [5.74, 6) is 0. The smallest absolute Gasteiger partial charge is 0.101 e. The number of rotatable bonds is 0. The first-order valence-electron chi connectivity index (χ1n) is 4.23. The molecule has 1 heterocycles. The molecule has 68 valence electrons. The van der Waals surface area contributed by atoms with Crippen LogP contribution in [0.3, 0.4) is 0 Å². The molecule has 2 nitrogen and oxygen atoms in total. The fourth-order valence-corrected chi connectivity index (χ4v) is 1.06. The molecule has 0 radical (unpaired) electrons. The fourth-order valence-electron chi connectivity index (χ4n) is 1.06. The van der Waals surface area contributed by atoms with Crippen LogP contribution in [0.5, 0.6) is 0 Å². The highest BCUT2D eigenvalue weighted by molar-refractivity contribution is 5.49. The SMILES string of the molecule is C=C1NC=C(C(C)(C)C)C=C1C#N. The van der Waals surface area contributed by atoms with Gasteiger partial charge in [-0.2, -0.15) is 5.26 Å². The van der Waals surface area contributed by atoms with E-state index >= 15 is 0 Å². The summed E-state index contributed by atoms with van der Waals surface area (Å²) < 4.78 is 0. The zero-order valence-corrected chi connectivity index (χ0v) is 8.31. The lowest BCUT2D eigenvalue weighted by atomic mass is 9.84. The molecule has 1 aliphatic heterocycles. The van der Waals surface area contributed by atoms with Crippen LogP contribution in [-0.2, 0) is 0 Å². The van der Waals surface area contributed by atoms with Gasteiger partial charge in [-0.3, -0.25) is 0 Å². The van der Waals surface area contributed by atoms with Crippen LogP contribution in [0.15, 0.2) is 35.7 Å². The number of dihydropyridines is 1. The molecule has 0 aromatic heterocycles. The van der Waals surface area contributed by atoms with Crippen molar-refractivity contribution in [3.63, 3.8) is 0 Å². The van der Waals surface area contributed by atoms with Crippen LogP contribution in [-0.4, -0.2) is 0 Å². The van der Waals surface area contributed by atoms with Crippen molar-refractivity contribution in [3.05, 3.63) is 35.7 Å². The first-order chi connectivity index (χ1) is 5.95. The van der Waals surface area contributed by atoms with E-state index in [2.05, 4.69) is 38.7 Å². The maximum atomic E-state index is 8.80. The van der Waals surface area contributed by atoms with Crippen LogP contribution in [0, 0.1) is 16.7 Å². The molecular formula is C11H14N2. The number of nitrogens with one attached hydrogen (secondary N) is 1. The zero-order valence-electron chi connectivity index (χ0n) is 8.31. The summed E-state index contributed by atoms with van der Waals surface area (Å²) in [4.78, 5) is 0. The molecule has 13 heavy (non-hydrogen) atoms. The van der Waals surface area contributed by atoms with Crippen molar-refractivity contribution in [1.82, 2.24) is 5.32 Å². The van der Waals surface area contributed by atoms with Crippen molar-refractivity contribution >= 4 is 0 Å². The third kappa shape index (κ3) is 2.00. The zero-order chi connectivity index (χ0) is 10.1. The Kier molecular flexibility index (Phi) is 2.29. The number of nitrogens with zero attached hydrogens (tertiary/aromatic N) is 1. The van der Waals surface area contributed by atoms with Crippen LogP contribution < -0.4 is 5.32 Å². The lowest BCUT2D eigenvalue weighted by molar-refractivity contribution is 0.512.